The van der Waals surface area contributed by atoms with Crippen molar-refractivity contribution in [1.82, 2.24) is 5.32 Å². The Kier molecular flexibility index (Phi) is 6.46. The summed E-state index contributed by atoms with van der Waals surface area (Å²) in [5, 5.41) is 7.38. The predicted octanol–water partition coefficient (Wildman–Crippen LogP) is -1.09. The highest BCUT2D eigenvalue weighted by atomic mass is 32.2. The SMILES string of the molecule is CCC(N)CC(=O)NCCCS(N)(=O)=O. The van der Waals surface area contributed by atoms with E-state index in [1.165, 1.54) is 0 Å². The second-order valence-electron chi connectivity index (χ2n) is 3.44. The number of hydrogen-bond acceptors (Lipinski definition) is 4. The van der Waals surface area contributed by atoms with Gasteiger partial charge in [-0.25, -0.2) is 13.6 Å². The molecule has 1 unspecified atom stereocenters. The molecule has 0 fully saturated rings. The Bertz CT molecular complexity index is 290. The Balaban J connectivity index is 3.56. The van der Waals surface area contributed by atoms with E-state index >= 15 is 0 Å². The molecular weight excluding hydrogens is 218 g/mol. The van der Waals surface area contributed by atoms with Crippen LogP contribution in [0.2, 0.25) is 0 Å². The summed E-state index contributed by atoms with van der Waals surface area (Å²) >= 11 is 0. The molecule has 0 aliphatic rings. The van der Waals surface area contributed by atoms with Crippen molar-refractivity contribution in [3.8, 4) is 0 Å². The maximum atomic E-state index is 11.2. The van der Waals surface area contributed by atoms with Gasteiger partial charge in [0.05, 0.1) is 5.75 Å². The maximum Gasteiger partial charge on any atom is 0.221 e. The van der Waals surface area contributed by atoms with Gasteiger partial charge < -0.3 is 11.1 Å². The Labute approximate surface area is 90.4 Å². The summed E-state index contributed by atoms with van der Waals surface area (Å²) in [6.07, 6.45) is 1.34. The summed E-state index contributed by atoms with van der Waals surface area (Å²) in [7, 11) is -3.43. The van der Waals surface area contributed by atoms with Crippen molar-refractivity contribution >= 4 is 15.9 Å². The van der Waals surface area contributed by atoms with Crippen molar-refractivity contribution in [2.75, 3.05) is 12.3 Å². The zero-order valence-electron chi connectivity index (χ0n) is 8.90. The third-order valence-electron chi connectivity index (χ3n) is 1.90. The van der Waals surface area contributed by atoms with Crippen molar-refractivity contribution in [3.63, 3.8) is 0 Å². The Morgan fingerprint density at radius 2 is 2.07 bits per heavy atom. The molecule has 0 aliphatic carbocycles. The van der Waals surface area contributed by atoms with Crippen LogP contribution in [-0.4, -0.2) is 32.7 Å². The van der Waals surface area contributed by atoms with E-state index in [1.54, 1.807) is 0 Å². The normalized spacial score (nSPS) is 13.5. The summed E-state index contributed by atoms with van der Waals surface area (Å²) in [6.45, 7) is 2.21. The Morgan fingerprint density at radius 3 is 2.53 bits per heavy atom. The number of hydrogen-bond donors (Lipinski definition) is 3. The van der Waals surface area contributed by atoms with Crippen LogP contribution in [0.4, 0.5) is 0 Å². The summed E-state index contributed by atoms with van der Waals surface area (Å²) in [4.78, 5) is 11.2. The summed E-state index contributed by atoms with van der Waals surface area (Å²) in [5.41, 5.74) is 5.57. The van der Waals surface area contributed by atoms with Crippen molar-refractivity contribution in [1.29, 1.82) is 0 Å². The van der Waals surface area contributed by atoms with Gasteiger partial charge in [-0.1, -0.05) is 6.92 Å². The first-order valence-corrected chi connectivity index (χ1v) is 6.59. The van der Waals surface area contributed by atoms with Gasteiger partial charge >= 0.3 is 0 Å². The summed E-state index contributed by atoms with van der Waals surface area (Å²) in [6, 6.07) is -0.136. The van der Waals surface area contributed by atoms with Crippen molar-refractivity contribution in [2.24, 2.45) is 10.9 Å². The van der Waals surface area contributed by atoms with E-state index in [0.717, 1.165) is 6.42 Å². The van der Waals surface area contributed by atoms with Gasteiger partial charge in [-0.3, -0.25) is 4.79 Å². The zero-order valence-corrected chi connectivity index (χ0v) is 9.72. The van der Waals surface area contributed by atoms with Crippen LogP contribution >= 0.6 is 0 Å². The third kappa shape index (κ3) is 9.64. The van der Waals surface area contributed by atoms with E-state index < -0.39 is 10.0 Å². The van der Waals surface area contributed by atoms with Crippen LogP contribution in [-0.2, 0) is 14.8 Å². The van der Waals surface area contributed by atoms with E-state index in [4.69, 9.17) is 10.9 Å². The molecule has 1 amide bonds. The molecule has 1 atom stereocenters. The van der Waals surface area contributed by atoms with Gasteiger partial charge in [0, 0.05) is 19.0 Å². The molecule has 0 saturated heterocycles. The lowest BCUT2D eigenvalue weighted by Crippen LogP contribution is -2.32. The highest BCUT2D eigenvalue weighted by Gasteiger charge is 2.07. The van der Waals surface area contributed by atoms with Crippen molar-refractivity contribution in [2.45, 2.75) is 32.2 Å². The van der Waals surface area contributed by atoms with Gasteiger partial charge in [0.1, 0.15) is 0 Å². The highest BCUT2D eigenvalue weighted by Crippen LogP contribution is 1.93. The van der Waals surface area contributed by atoms with Crippen molar-refractivity contribution < 1.29 is 13.2 Å². The molecular formula is C8H19N3O3S. The molecule has 0 saturated carbocycles. The minimum Gasteiger partial charge on any atom is -0.356 e. The van der Waals surface area contributed by atoms with E-state index in [1.807, 2.05) is 6.92 Å². The van der Waals surface area contributed by atoms with Crippen LogP contribution in [0.5, 0.6) is 0 Å². The molecule has 0 aromatic rings. The number of primary sulfonamides is 1. The second kappa shape index (κ2) is 6.76. The predicted molar refractivity (Wildman–Crippen MR) is 58.5 cm³/mol. The van der Waals surface area contributed by atoms with Gasteiger partial charge in [-0.05, 0) is 12.8 Å². The molecule has 0 rings (SSSR count). The number of rotatable bonds is 7. The first-order chi connectivity index (χ1) is 6.85. The Hall–Kier alpha value is -0.660. The van der Waals surface area contributed by atoms with E-state index in [9.17, 15) is 13.2 Å². The van der Waals surface area contributed by atoms with Gasteiger partial charge in [0.2, 0.25) is 15.9 Å². The fourth-order valence-corrected chi connectivity index (χ4v) is 1.50. The van der Waals surface area contributed by atoms with Gasteiger partial charge in [-0.2, -0.15) is 0 Å². The van der Waals surface area contributed by atoms with Crippen LogP contribution < -0.4 is 16.2 Å². The van der Waals surface area contributed by atoms with Gasteiger partial charge in [0.25, 0.3) is 0 Å². The van der Waals surface area contributed by atoms with Crippen molar-refractivity contribution in [3.05, 3.63) is 0 Å². The molecule has 0 aromatic heterocycles. The number of nitrogens with one attached hydrogen (secondary N) is 1. The molecule has 6 nitrogen and oxygen atoms in total. The molecule has 7 heteroatoms. The second-order valence-corrected chi connectivity index (χ2v) is 5.18. The molecule has 90 valence electrons. The summed E-state index contributed by atoms with van der Waals surface area (Å²) in [5.74, 6) is -0.272. The number of carbonyl (C=O) groups is 1. The average molecular weight is 237 g/mol. The third-order valence-corrected chi connectivity index (χ3v) is 2.76. The lowest BCUT2D eigenvalue weighted by Gasteiger charge is -2.08. The monoisotopic (exact) mass is 237 g/mol. The molecule has 0 heterocycles. The number of sulfonamides is 1. The van der Waals surface area contributed by atoms with Crippen LogP contribution in [0, 0.1) is 0 Å². The van der Waals surface area contributed by atoms with E-state index in [-0.39, 0.29) is 24.1 Å². The van der Waals surface area contributed by atoms with E-state index in [0.29, 0.717) is 13.0 Å². The standard InChI is InChI=1S/C8H19N3O3S/c1-2-7(9)6-8(12)11-4-3-5-15(10,13)14/h7H,2-6,9H2,1H3,(H,11,12)(H2,10,13,14). The van der Waals surface area contributed by atoms with Crippen LogP contribution in [0.25, 0.3) is 0 Å². The minimum atomic E-state index is -3.43. The first-order valence-electron chi connectivity index (χ1n) is 4.88. The lowest BCUT2D eigenvalue weighted by molar-refractivity contribution is -0.121. The van der Waals surface area contributed by atoms with Gasteiger partial charge in [0.15, 0.2) is 0 Å². The highest BCUT2D eigenvalue weighted by molar-refractivity contribution is 7.89. The molecule has 0 spiro atoms. The molecule has 0 bridgehead atoms. The molecule has 0 aromatic carbocycles. The van der Waals surface area contributed by atoms with Crippen LogP contribution in [0.1, 0.15) is 26.2 Å². The topological polar surface area (TPSA) is 115 Å². The fourth-order valence-electron chi connectivity index (χ4n) is 0.956. The zero-order chi connectivity index (χ0) is 11.9. The van der Waals surface area contributed by atoms with Gasteiger partial charge in [-0.15, -0.1) is 0 Å². The lowest BCUT2D eigenvalue weighted by atomic mass is 10.1. The van der Waals surface area contributed by atoms with Crippen LogP contribution in [0.15, 0.2) is 0 Å². The smallest absolute Gasteiger partial charge is 0.221 e. The number of amides is 1. The number of carbonyl (C=O) groups excluding carboxylic acids is 1. The average Bonchev–Trinajstić information content (AvgIpc) is 2.11. The fraction of sp³-hybridized carbons (Fsp3) is 0.875. The quantitative estimate of drug-likeness (QED) is 0.488. The largest absolute Gasteiger partial charge is 0.356 e. The van der Waals surface area contributed by atoms with Crippen LogP contribution in [0.3, 0.4) is 0 Å². The minimum absolute atomic E-state index is 0.118. The molecule has 5 N–H and O–H groups in total. The van der Waals surface area contributed by atoms with E-state index in [2.05, 4.69) is 5.32 Å². The molecule has 15 heavy (non-hydrogen) atoms. The molecule has 0 aliphatic heterocycles. The molecule has 0 radical (unpaired) electrons. The Morgan fingerprint density at radius 1 is 1.47 bits per heavy atom. The number of nitrogens with two attached hydrogens (primary N) is 2. The first kappa shape index (κ1) is 14.3. The summed E-state index contributed by atoms with van der Waals surface area (Å²) < 4.78 is 21.1. The maximum absolute atomic E-state index is 11.2.